The zero-order valence-corrected chi connectivity index (χ0v) is 12.3. The first kappa shape index (κ1) is 15.9. The molecule has 0 aliphatic heterocycles. The molecule has 20 heavy (non-hydrogen) atoms. The van der Waals surface area contributed by atoms with Crippen LogP contribution in [-0.2, 0) is 0 Å². The molecule has 1 rings (SSSR count). The predicted molar refractivity (Wildman–Crippen MR) is 77.2 cm³/mol. The van der Waals surface area contributed by atoms with Crippen molar-refractivity contribution in [3.63, 3.8) is 0 Å². The predicted octanol–water partition coefficient (Wildman–Crippen LogP) is 2.06. The van der Waals surface area contributed by atoms with Crippen LogP contribution in [0.1, 0.15) is 44.1 Å². The van der Waals surface area contributed by atoms with Crippen molar-refractivity contribution in [2.45, 2.75) is 39.7 Å². The largest absolute Gasteiger partial charge is 0.369 e. The average molecular weight is 275 g/mol. The Morgan fingerprint density at radius 3 is 2.85 bits per heavy atom. The van der Waals surface area contributed by atoms with E-state index in [9.17, 15) is 4.79 Å². The van der Waals surface area contributed by atoms with E-state index in [0.29, 0.717) is 24.5 Å². The van der Waals surface area contributed by atoms with Gasteiger partial charge in [0.25, 0.3) is 5.91 Å². The van der Waals surface area contributed by atoms with Crippen LogP contribution in [0.2, 0.25) is 0 Å². The van der Waals surface area contributed by atoms with Crippen molar-refractivity contribution in [2.24, 2.45) is 0 Å². The van der Waals surface area contributed by atoms with Crippen LogP contribution in [0.15, 0.2) is 12.4 Å². The number of hydrogen-bond donors (Lipinski definition) is 1. The maximum atomic E-state index is 12.4. The normalized spacial score (nSPS) is 10.2. The number of hydrogen-bond acceptors (Lipinski definition) is 5. The molecular weight excluding hydrogens is 254 g/mol. The first-order valence-corrected chi connectivity index (χ1v) is 6.84. The average Bonchev–Trinajstić information content (AvgIpc) is 2.45. The highest BCUT2D eigenvalue weighted by molar-refractivity contribution is 5.92. The van der Waals surface area contributed by atoms with Crippen LogP contribution in [0.3, 0.4) is 0 Å². The van der Waals surface area contributed by atoms with E-state index >= 15 is 0 Å². The van der Waals surface area contributed by atoms with Crippen molar-refractivity contribution in [2.75, 3.05) is 18.4 Å². The Morgan fingerprint density at radius 2 is 2.25 bits per heavy atom. The summed E-state index contributed by atoms with van der Waals surface area (Å²) in [5, 5.41) is 11.8. The van der Waals surface area contributed by atoms with Crippen molar-refractivity contribution in [3.05, 3.63) is 18.1 Å². The summed E-state index contributed by atoms with van der Waals surface area (Å²) in [6.45, 7) is 7.08. The molecule has 6 nitrogen and oxygen atoms in total. The molecule has 1 N–H and O–H groups in total. The Labute approximate surface area is 119 Å². The first-order valence-electron chi connectivity index (χ1n) is 6.84. The molecule has 0 bridgehead atoms. The van der Waals surface area contributed by atoms with Gasteiger partial charge in [-0.15, -0.1) is 0 Å². The highest BCUT2D eigenvalue weighted by Gasteiger charge is 2.20. The summed E-state index contributed by atoms with van der Waals surface area (Å²) in [4.78, 5) is 22.4. The van der Waals surface area contributed by atoms with Crippen LogP contribution in [-0.4, -0.2) is 39.9 Å². The van der Waals surface area contributed by atoms with Gasteiger partial charge in [0.2, 0.25) is 0 Å². The Balaban J connectivity index is 2.85. The van der Waals surface area contributed by atoms with E-state index < -0.39 is 0 Å². The Hall–Kier alpha value is -2.16. The van der Waals surface area contributed by atoms with Gasteiger partial charge in [-0.25, -0.2) is 4.98 Å². The van der Waals surface area contributed by atoms with Crippen LogP contribution < -0.4 is 5.32 Å². The minimum absolute atomic E-state index is 0.0184. The lowest BCUT2D eigenvalue weighted by molar-refractivity contribution is 0.0704. The quantitative estimate of drug-likeness (QED) is 0.823. The molecule has 1 aromatic heterocycles. The number of anilines is 1. The van der Waals surface area contributed by atoms with E-state index in [1.54, 1.807) is 11.1 Å². The number of carbonyl (C=O) groups is 1. The lowest BCUT2D eigenvalue weighted by Gasteiger charge is -2.25. The number of nitrogens with one attached hydrogen (secondary N) is 1. The molecule has 0 spiro atoms. The molecule has 1 heterocycles. The lowest BCUT2D eigenvalue weighted by atomic mass is 10.2. The topological polar surface area (TPSA) is 81.9 Å². The van der Waals surface area contributed by atoms with E-state index in [4.69, 9.17) is 5.26 Å². The van der Waals surface area contributed by atoms with Crippen LogP contribution in [0.4, 0.5) is 5.82 Å². The van der Waals surface area contributed by atoms with Gasteiger partial charge in [-0.2, -0.15) is 5.26 Å². The fourth-order valence-corrected chi connectivity index (χ4v) is 1.72. The summed E-state index contributed by atoms with van der Waals surface area (Å²) < 4.78 is 0. The Kier molecular flexibility index (Phi) is 6.44. The van der Waals surface area contributed by atoms with Crippen molar-refractivity contribution >= 4 is 11.7 Å². The fourth-order valence-electron chi connectivity index (χ4n) is 1.72. The van der Waals surface area contributed by atoms with Gasteiger partial charge in [-0.05, 0) is 20.3 Å². The second kappa shape index (κ2) is 8.10. The molecular formula is C14H21N5O. The minimum Gasteiger partial charge on any atom is -0.369 e. The third-order valence-corrected chi connectivity index (χ3v) is 2.76. The van der Waals surface area contributed by atoms with Crippen molar-refractivity contribution in [1.29, 1.82) is 5.26 Å². The summed E-state index contributed by atoms with van der Waals surface area (Å²) in [5.41, 5.74) is 0.303. The van der Waals surface area contributed by atoms with Crippen LogP contribution in [0.5, 0.6) is 0 Å². The van der Waals surface area contributed by atoms with Gasteiger partial charge in [0.15, 0.2) is 0 Å². The maximum Gasteiger partial charge on any atom is 0.274 e. The molecule has 0 aliphatic rings. The zero-order chi connectivity index (χ0) is 15.0. The standard InChI is InChI=1S/C14H21N5O/c1-4-7-17-13-10-16-9-12(18-13)14(20)19(11(2)3)8-5-6-15/h9-11H,4-5,7-8H2,1-3H3,(H,17,18). The van der Waals surface area contributed by atoms with E-state index in [1.165, 1.54) is 6.20 Å². The summed E-state index contributed by atoms with van der Waals surface area (Å²) in [6.07, 6.45) is 4.34. The molecule has 0 saturated carbocycles. The molecule has 0 saturated heterocycles. The molecule has 0 atom stereocenters. The van der Waals surface area contributed by atoms with Gasteiger partial charge in [-0.1, -0.05) is 6.92 Å². The number of aromatic nitrogens is 2. The molecule has 0 unspecified atom stereocenters. The lowest BCUT2D eigenvalue weighted by Crippen LogP contribution is -2.38. The van der Waals surface area contributed by atoms with Crippen molar-refractivity contribution in [1.82, 2.24) is 14.9 Å². The third kappa shape index (κ3) is 4.50. The second-order valence-electron chi connectivity index (χ2n) is 4.72. The molecule has 0 aromatic carbocycles. The molecule has 0 radical (unpaired) electrons. The molecule has 1 aromatic rings. The number of nitrogens with zero attached hydrogens (tertiary/aromatic N) is 4. The summed E-state index contributed by atoms with van der Waals surface area (Å²) in [7, 11) is 0. The first-order chi connectivity index (χ1) is 9.60. The monoisotopic (exact) mass is 275 g/mol. The highest BCUT2D eigenvalue weighted by Crippen LogP contribution is 2.09. The number of nitriles is 1. The van der Waals surface area contributed by atoms with Crippen LogP contribution in [0.25, 0.3) is 0 Å². The maximum absolute atomic E-state index is 12.4. The Morgan fingerprint density at radius 1 is 1.50 bits per heavy atom. The van der Waals surface area contributed by atoms with Crippen molar-refractivity contribution in [3.8, 4) is 6.07 Å². The summed E-state index contributed by atoms with van der Waals surface area (Å²) in [6, 6.07) is 2.07. The highest BCUT2D eigenvalue weighted by atomic mass is 16.2. The smallest absolute Gasteiger partial charge is 0.274 e. The number of carbonyl (C=O) groups excluding carboxylic acids is 1. The minimum atomic E-state index is -0.192. The van der Waals surface area contributed by atoms with E-state index in [2.05, 4.69) is 28.3 Å². The van der Waals surface area contributed by atoms with Crippen LogP contribution in [0, 0.1) is 11.3 Å². The molecule has 0 aliphatic carbocycles. The zero-order valence-electron chi connectivity index (χ0n) is 12.3. The molecule has 108 valence electrons. The number of amides is 1. The molecule has 6 heteroatoms. The molecule has 1 amide bonds. The van der Waals surface area contributed by atoms with E-state index in [0.717, 1.165) is 13.0 Å². The van der Waals surface area contributed by atoms with Crippen LogP contribution >= 0.6 is 0 Å². The van der Waals surface area contributed by atoms with Gasteiger partial charge < -0.3 is 10.2 Å². The van der Waals surface area contributed by atoms with E-state index in [1.807, 2.05) is 13.8 Å². The Bertz CT molecular complexity index is 481. The number of rotatable bonds is 7. The molecule has 0 fully saturated rings. The SMILES string of the molecule is CCCNc1cncc(C(=O)N(CCC#N)C(C)C)n1. The van der Waals surface area contributed by atoms with E-state index in [-0.39, 0.29) is 11.9 Å². The second-order valence-corrected chi connectivity index (χ2v) is 4.72. The third-order valence-electron chi connectivity index (χ3n) is 2.76. The van der Waals surface area contributed by atoms with Gasteiger partial charge in [0.05, 0.1) is 24.9 Å². The van der Waals surface area contributed by atoms with Gasteiger partial charge in [-0.3, -0.25) is 9.78 Å². The van der Waals surface area contributed by atoms with Gasteiger partial charge in [0, 0.05) is 19.1 Å². The van der Waals surface area contributed by atoms with Crippen molar-refractivity contribution < 1.29 is 4.79 Å². The van der Waals surface area contributed by atoms with Gasteiger partial charge in [0.1, 0.15) is 11.5 Å². The fraction of sp³-hybridized carbons (Fsp3) is 0.571. The van der Waals surface area contributed by atoms with Gasteiger partial charge >= 0.3 is 0 Å². The summed E-state index contributed by atoms with van der Waals surface area (Å²) >= 11 is 0. The summed E-state index contributed by atoms with van der Waals surface area (Å²) in [5.74, 6) is 0.407.